The molecule has 1 aliphatic heterocycles. The van der Waals surface area contributed by atoms with Crippen LogP contribution in [0.3, 0.4) is 0 Å². The molecule has 0 spiro atoms. The van der Waals surface area contributed by atoms with Crippen LogP contribution in [0.25, 0.3) is 0 Å². The fourth-order valence-corrected chi connectivity index (χ4v) is 2.59. The molecule has 0 atom stereocenters. The monoisotopic (exact) mass is 290 g/mol. The van der Waals surface area contributed by atoms with Crippen LogP contribution in [0.4, 0.5) is 17.1 Å². The van der Waals surface area contributed by atoms with Crippen LogP contribution in [0.2, 0.25) is 5.02 Å². The molecule has 0 radical (unpaired) electrons. The van der Waals surface area contributed by atoms with Crippen molar-refractivity contribution in [3.63, 3.8) is 0 Å². The zero-order chi connectivity index (χ0) is 14.3. The molecule has 2 aromatic rings. The molecule has 0 fully saturated rings. The maximum atomic E-state index is 11.7. The number of anilines is 3. The third-order valence-corrected chi connectivity index (χ3v) is 3.94. The van der Waals surface area contributed by atoms with Gasteiger partial charge in [0.1, 0.15) is 5.02 Å². The maximum Gasteiger partial charge on any atom is 0.287 e. The molecule has 0 saturated heterocycles. The lowest BCUT2D eigenvalue weighted by Gasteiger charge is -2.14. The van der Waals surface area contributed by atoms with Gasteiger partial charge >= 0.3 is 0 Å². The van der Waals surface area contributed by atoms with Crippen molar-refractivity contribution in [3.8, 4) is 0 Å². The molecule has 0 saturated carbocycles. The number of halogens is 1. The SMILES string of the molecule is CN1CCc2ccc(Nc3cnn(C)c(=O)c3Cl)cc21. The van der Waals surface area contributed by atoms with Gasteiger partial charge in [0.05, 0.1) is 11.9 Å². The number of likely N-dealkylation sites (N-methyl/N-ethyl adjacent to an activating group) is 1. The number of benzene rings is 1. The van der Waals surface area contributed by atoms with Crippen LogP contribution in [0.15, 0.2) is 29.2 Å². The third kappa shape index (κ3) is 2.14. The van der Waals surface area contributed by atoms with Crippen LogP contribution in [-0.4, -0.2) is 23.4 Å². The molecule has 1 N–H and O–H groups in total. The highest BCUT2D eigenvalue weighted by Gasteiger charge is 2.16. The Morgan fingerprint density at radius 3 is 2.95 bits per heavy atom. The molecule has 104 valence electrons. The van der Waals surface area contributed by atoms with Crippen LogP contribution >= 0.6 is 11.6 Å². The lowest BCUT2D eigenvalue weighted by atomic mass is 10.1. The lowest BCUT2D eigenvalue weighted by Crippen LogP contribution is -2.20. The number of nitrogens with one attached hydrogen (secondary N) is 1. The topological polar surface area (TPSA) is 50.2 Å². The highest BCUT2D eigenvalue weighted by molar-refractivity contribution is 6.33. The summed E-state index contributed by atoms with van der Waals surface area (Å²) in [6.45, 7) is 1.03. The molecule has 0 unspecified atom stereocenters. The first kappa shape index (κ1) is 13.0. The maximum absolute atomic E-state index is 11.7. The number of fused-ring (bicyclic) bond motifs is 1. The number of aryl methyl sites for hydroxylation is 1. The van der Waals surface area contributed by atoms with Gasteiger partial charge in [0.25, 0.3) is 5.56 Å². The molecule has 0 bridgehead atoms. The van der Waals surface area contributed by atoms with E-state index >= 15 is 0 Å². The summed E-state index contributed by atoms with van der Waals surface area (Å²) in [5.74, 6) is 0. The van der Waals surface area contributed by atoms with E-state index in [0.29, 0.717) is 5.69 Å². The fraction of sp³-hybridized carbons (Fsp3) is 0.286. The molecule has 1 aliphatic rings. The number of nitrogens with zero attached hydrogens (tertiary/aromatic N) is 3. The van der Waals surface area contributed by atoms with Crippen molar-refractivity contribution in [1.29, 1.82) is 0 Å². The normalized spacial score (nSPS) is 13.4. The van der Waals surface area contributed by atoms with E-state index in [2.05, 4.69) is 34.5 Å². The zero-order valence-electron chi connectivity index (χ0n) is 11.4. The van der Waals surface area contributed by atoms with E-state index in [1.807, 2.05) is 6.07 Å². The Kier molecular flexibility index (Phi) is 3.14. The van der Waals surface area contributed by atoms with Gasteiger partial charge in [-0.05, 0) is 24.1 Å². The van der Waals surface area contributed by atoms with Crippen molar-refractivity contribution < 1.29 is 0 Å². The molecule has 6 heteroatoms. The second-order valence-corrected chi connectivity index (χ2v) is 5.32. The first-order chi connectivity index (χ1) is 9.56. The minimum Gasteiger partial charge on any atom is -0.374 e. The molecule has 0 aliphatic carbocycles. The molecule has 2 heterocycles. The summed E-state index contributed by atoms with van der Waals surface area (Å²) in [7, 11) is 3.64. The second-order valence-electron chi connectivity index (χ2n) is 4.94. The Labute approximate surface area is 121 Å². The second kappa shape index (κ2) is 4.83. The molecule has 3 rings (SSSR count). The van der Waals surface area contributed by atoms with E-state index in [1.165, 1.54) is 15.9 Å². The fourth-order valence-electron chi connectivity index (χ4n) is 2.37. The van der Waals surface area contributed by atoms with Gasteiger partial charge in [-0.25, -0.2) is 4.68 Å². The van der Waals surface area contributed by atoms with Crippen molar-refractivity contribution in [2.24, 2.45) is 7.05 Å². The largest absolute Gasteiger partial charge is 0.374 e. The van der Waals surface area contributed by atoms with Gasteiger partial charge in [-0.15, -0.1) is 0 Å². The molecular weight excluding hydrogens is 276 g/mol. The van der Waals surface area contributed by atoms with Gasteiger partial charge in [-0.1, -0.05) is 17.7 Å². The minimum absolute atomic E-state index is 0.149. The predicted octanol–water partition coefficient (Wildman–Crippen LogP) is 2.17. The molecule has 1 aromatic carbocycles. The van der Waals surface area contributed by atoms with Crippen molar-refractivity contribution in [2.75, 3.05) is 23.8 Å². The summed E-state index contributed by atoms with van der Waals surface area (Å²) in [6.07, 6.45) is 2.63. The number of aromatic nitrogens is 2. The smallest absolute Gasteiger partial charge is 0.287 e. The Morgan fingerprint density at radius 2 is 2.15 bits per heavy atom. The highest BCUT2D eigenvalue weighted by atomic mass is 35.5. The van der Waals surface area contributed by atoms with Crippen molar-refractivity contribution in [2.45, 2.75) is 6.42 Å². The van der Waals surface area contributed by atoms with Crippen molar-refractivity contribution in [3.05, 3.63) is 45.3 Å². The van der Waals surface area contributed by atoms with Crippen molar-refractivity contribution >= 4 is 28.7 Å². The number of hydrogen-bond donors (Lipinski definition) is 1. The summed E-state index contributed by atoms with van der Waals surface area (Å²) < 4.78 is 1.21. The quantitative estimate of drug-likeness (QED) is 0.921. The highest BCUT2D eigenvalue weighted by Crippen LogP contribution is 2.31. The molecule has 1 aromatic heterocycles. The average Bonchev–Trinajstić information content (AvgIpc) is 2.81. The third-order valence-electron chi connectivity index (χ3n) is 3.57. The van der Waals surface area contributed by atoms with E-state index < -0.39 is 0 Å². The summed E-state index contributed by atoms with van der Waals surface area (Å²) in [5.41, 5.74) is 3.66. The summed E-state index contributed by atoms with van der Waals surface area (Å²) in [4.78, 5) is 14.0. The first-order valence-electron chi connectivity index (χ1n) is 6.39. The van der Waals surface area contributed by atoms with E-state index in [1.54, 1.807) is 13.2 Å². The Bertz CT molecular complexity index is 726. The number of hydrogen-bond acceptors (Lipinski definition) is 4. The minimum atomic E-state index is -0.310. The van der Waals surface area contributed by atoms with E-state index in [4.69, 9.17) is 11.6 Å². The van der Waals surface area contributed by atoms with Gasteiger partial charge in [-0.2, -0.15) is 5.10 Å². The lowest BCUT2D eigenvalue weighted by molar-refractivity contribution is 0.709. The number of rotatable bonds is 2. The van der Waals surface area contributed by atoms with Crippen molar-refractivity contribution in [1.82, 2.24) is 9.78 Å². The van der Waals surface area contributed by atoms with Crippen LogP contribution in [0.1, 0.15) is 5.56 Å². The Balaban J connectivity index is 1.95. The van der Waals surface area contributed by atoms with Crippen LogP contribution < -0.4 is 15.8 Å². The van der Waals surface area contributed by atoms with Gasteiger partial charge in [0.2, 0.25) is 0 Å². The predicted molar refractivity (Wildman–Crippen MR) is 81.2 cm³/mol. The first-order valence-corrected chi connectivity index (χ1v) is 6.77. The Hall–Kier alpha value is -2.01. The molecule has 0 amide bonds. The molecular formula is C14H15ClN4O. The standard InChI is InChI=1S/C14H15ClN4O/c1-18-6-5-9-3-4-10(7-12(9)18)17-11-8-16-19(2)14(20)13(11)15/h3-4,7-8,17H,5-6H2,1-2H3. The van der Waals surface area contributed by atoms with Crippen LogP contribution in [0.5, 0.6) is 0 Å². The summed E-state index contributed by atoms with van der Waals surface area (Å²) in [6, 6.07) is 6.16. The van der Waals surface area contributed by atoms with Gasteiger partial charge in [0, 0.05) is 32.0 Å². The Morgan fingerprint density at radius 1 is 1.35 bits per heavy atom. The van der Waals surface area contributed by atoms with E-state index in [9.17, 15) is 4.79 Å². The van der Waals surface area contributed by atoms with Gasteiger partial charge in [-0.3, -0.25) is 4.79 Å². The zero-order valence-corrected chi connectivity index (χ0v) is 12.1. The van der Waals surface area contributed by atoms with Crippen LogP contribution in [0, 0.1) is 0 Å². The summed E-state index contributed by atoms with van der Waals surface area (Å²) in [5, 5.41) is 7.28. The summed E-state index contributed by atoms with van der Waals surface area (Å²) >= 11 is 6.05. The van der Waals surface area contributed by atoms with Gasteiger partial charge < -0.3 is 10.2 Å². The molecule has 20 heavy (non-hydrogen) atoms. The van der Waals surface area contributed by atoms with E-state index in [-0.39, 0.29) is 10.6 Å². The van der Waals surface area contributed by atoms with Crippen LogP contribution in [-0.2, 0) is 13.5 Å². The van der Waals surface area contributed by atoms with E-state index in [0.717, 1.165) is 18.7 Å². The van der Waals surface area contributed by atoms with Gasteiger partial charge in [0.15, 0.2) is 0 Å². The average molecular weight is 291 g/mol. The molecule has 5 nitrogen and oxygen atoms in total.